The Morgan fingerprint density at radius 2 is 1.56 bits per heavy atom. The molecule has 1 heterocycles. The Morgan fingerprint density at radius 3 is 2.18 bits per heavy atom. The van der Waals surface area contributed by atoms with Crippen molar-refractivity contribution in [3.05, 3.63) is 70.8 Å². The van der Waals surface area contributed by atoms with Gasteiger partial charge in [-0.25, -0.2) is 4.79 Å². The summed E-state index contributed by atoms with van der Waals surface area (Å²) in [5.41, 5.74) is 1.47. The average Bonchev–Trinajstić information content (AvgIpc) is 3.06. The van der Waals surface area contributed by atoms with Crippen molar-refractivity contribution in [1.29, 1.82) is 0 Å². The van der Waals surface area contributed by atoms with E-state index in [0.29, 0.717) is 6.61 Å². The number of nitrogens with zero attached hydrogens (tertiary/aromatic N) is 1. The molecule has 6 heteroatoms. The van der Waals surface area contributed by atoms with Crippen molar-refractivity contribution in [1.82, 2.24) is 4.90 Å². The monoisotopic (exact) mass is 459 g/mol. The first-order chi connectivity index (χ1) is 16.4. The molecule has 2 aromatic carbocycles. The van der Waals surface area contributed by atoms with Gasteiger partial charge in [0.25, 0.3) is 11.8 Å². The molecule has 2 amide bonds. The number of aromatic carboxylic acids is 1. The van der Waals surface area contributed by atoms with E-state index in [9.17, 15) is 19.5 Å². The molecule has 1 N–H and O–H groups in total. The van der Waals surface area contributed by atoms with Crippen LogP contribution in [0.25, 0.3) is 0 Å². The van der Waals surface area contributed by atoms with E-state index in [2.05, 4.69) is 0 Å². The third-order valence-corrected chi connectivity index (χ3v) is 8.51. The molecule has 0 aromatic heterocycles. The van der Waals surface area contributed by atoms with E-state index in [1.807, 2.05) is 30.3 Å². The Bertz CT molecular complexity index is 1120. The predicted molar refractivity (Wildman–Crippen MR) is 125 cm³/mol. The van der Waals surface area contributed by atoms with Crippen molar-refractivity contribution >= 4 is 17.8 Å². The molecule has 0 spiro atoms. The molecule has 1 atom stereocenters. The van der Waals surface area contributed by atoms with Gasteiger partial charge in [0.2, 0.25) is 0 Å². The summed E-state index contributed by atoms with van der Waals surface area (Å²) in [6.07, 6.45) is 7.83. The highest BCUT2D eigenvalue weighted by atomic mass is 16.5. The minimum Gasteiger partial charge on any atom is -0.478 e. The zero-order chi connectivity index (χ0) is 23.4. The number of rotatable bonds is 7. The van der Waals surface area contributed by atoms with Crippen LogP contribution in [0.1, 0.15) is 81.2 Å². The van der Waals surface area contributed by atoms with Crippen molar-refractivity contribution in [2.24, 2.45) is 23.2 Å². The Hall–Kier alpha value is -2.99. The maximum absolute atomic E-state index is 13.3. The molecule has 4 saturated carbocycles. The maximum atomic E-state index is 13.3. The van der Waals surface area contributed by atoms with Crippen molar-refractivity contribution in [2.45, 2.75) is 44.6 Å². The van der Waals surface area contributed by atoms with E-state index in [-0.39, 0.29) is 28.7 Å². The molecule has 4 bridgehead atoms. The highest BCUT2D eigenvalue weighted by Gasteiger charge is 2.51. The van der Waals surface area contributed by atoms with Gasteiger partial charge in [-0.05, 0) is 85.5 Å². The second kappa shape index (κ2) is 8.05. The van der Waals surface area contributed by atoms with Crippen LogP contribution in [0.4, 0.5) is 0 Å². The highest BCUT2D eigenvalue weighted by molar-refractivity contribution is 6.22. The summed E-state index contributed by atoms with van der Waals surface area (Å²) in [6.45, 7) is 0.912. The minimum absolute atomic E-state index is 0.00363. The van der Waals surface area contributed by atoms with Crippen molar-refractivity contribution in [2.75, 3.05) is 13.2 Å². The molecule has 7 rings (SSSR count). The number of carboxylic acid groups (broad SMARTS) is 1. The van der Waals surface area contributed by atoms with E-state index >= 15 is 0 Å². The summed E-state index contributed by atoms with van der Waals surface area (Å²) in [5, 5.41) is 9.32. The number of imide groups is 1. The van der Waals surface area contributed by atoms with Gasteiger partial charge in [0.1, 0.15) is 0 Å². The lowest BCUT2D eigenvalue weighted by molar-refractivity contribution is -0.100. The fourth-order valence-corrected chi connectivity index (χ4v) is 7.52. The van der Waals surface area contributed by atoms with E-state index in [4.69, 9.17) is 4.74 Å². The molecule has 6 nitrogen and oxygen atoms in total. The number of hydrogen-bond donors (Lipinski definition) is 1. The maximum Gasteiger partial charge on any atom is 0.335 e. The molecular weight excluding hydrogens is 430 g/mol. The fraction of sp³-hybridized carbons (Fsp3) is 0.464. The number of carboxylic acids is 1. The van der Waals surface area contributed by atoms with Crippen LogP contribution in [0.5, 0.6) is 0 Å². The number of fused-ring (bicyclic) bond motifs is 1. The third-order valence-electron chi connectivity index (χ3n) is 8.51. The molecule has 4 aliphatic carbocycles. The average molecular weight is 460 g/mol. The highest BCUT2D eigenvalue weighted by Crippen LogP contribution is 2.60. The molecule has 0 saturated heterocycles. The number of amides is 2. The van der Waals surface area contributed by atoms with Crippen LogP contribution in [0.2, 0.25) is 0 Å². The van der Waals surface area contributed by atoms with Crippen molar-refractivity contribution in [3.63, 3.8) is 0 Å². The van der Waals surface area contributed by atoms with Gasteiger partial charge in [-0.2, -0.15) is 0 Å². The topological polar surface area (TPSA) is 83.9 Å². The zero-order valence-corrected chi connectivity index (χ0v) is 19.1. The summed E-state index contributed by atoms with van der Waals surface area (Å²) in [7, 11) is 0. The van der Waals surface area contributed by atoms with Crippen molar-refractivity contribution in [3.8, 4) is 0 Å². The largest absolute Gasteiger partial charge is 0.478 e. The molecule has 176 valence electrons. The molecule has 4 fully saturated rings. The number of carbonyl (C=O) groups is 3. The fourth-order valence-electron chi connectivity index (χ4n) is 7.52. The van der Waals surface area contributed by atoms with E-state index in [1.165, 1.54) is 61.6 Å². The Balaban J connectivity index is 1.24. The van der Waals surface area contributed by atoms with E-state index < -0.39 is 23.8 Å². The van der Waals surface area contributed by atoms with Gasteiger partial charge in [0.15, 0.2) is 0 Å². The second-order valence-corrected chi connectivity index (χ2v) is 10.9. The SMILES string of the molecule is O=C(O)c1ccc2c(c1)C(=O)N([C@H](COCC13CC4CC(CC(C4)C1)C3)c1ccccc1)C2=O. The molecule has 0 unspecified atom stereocenters. The Morgan fingerprint density at radius 1 is 0.941 bits per heavy atom. The van der Waals surface area contributed by atoms with Gasteiger partial charge in [-0.1, -0.05) is 30.3 Å². The summed E-state index contributed by atoms with van der Waals surface area (Å²) < 4.78 is 6.36. The van der Waals surface area contributed by atoms with Gasteiger partial charge in [-0.15, -0.1) is 0 Å². The smallest absolute Gasteiger partial charge is 0.335 e. The lowest BCUT2D eigenvalue weighted by atomic mass is 9.50. The van der Waals surface area contributed by atoms with Crippen LogP contribution in [0.3, 0.4) is 0 Å². The number of hydrogen-bond acceptors (Lipinski definition) is 4. The first-order valence-electron chi connectivity index (χ1n) is 12.3. The molecular formula is C28H29NO5. The molecule has 5 aliphatic rings. The Kier molecular flexibility index (Phi) is 5.10. The van der Waals surface area contributed by atoms with Gasteiger partial charge in [0, 0.05) is 0 Å². The summed E-state index contributed by atoms with van der Waals surface area (Å²) in [5.74, 6) is 0.512. The lowest BCUT2D eigenvalue weighted by Gasteiger charge is -2.56. The van der Waals surface area contributed by atoms with Gasteiger partial charge < -0.3 is 9.84 Å². The predicted octanol–water partition coefficient (Wildman–Crippen LogP) is 4.96. The third kappa shape index (κ3) is 3.56. The zero-order valence-electron chi connectivity index (χ0n) is 19.1. The van der Waals surface area contributed by atoms with E-state index in [0.717, 1.165) is 23.3 Å². The van der Waals surface area contributed by atoms with Crippen LogP contribution in [0.15, 0.2) is 48.5 Å². The summed E-state index contributed by atoms with van der Waals surface area (Å²) >= 11 is 0. The second-order valence-electron chi connectivity index (χ2n) is 10.9. The summed E-state index contributed by atoms with van der Waals surface area (Å²) in [6, 6.07) is 13.1. The van der Waals surface area contributed by atoms with Crippen LogP contribution in [-0.2, 0) is 4.74 Å². The molecule has 2 aromatic rings. The van der Waals surface area contributed by atoms with Gasteiger partial charge in [0.05, 0.1) is 35.9 Å². The standard InChI is InChI=1S/C28H29NO5/c30-25-22-7-6-21(27(32)33)11-23(22)26(31)29(25)24(20-4-2-1-3-5-20)15-34-16-28-12-17-8-18(13-28)10-19(9-17)14-28/h1-7,11,17-19,24H,8-10,12-16H2,(H,32,33)/t17?,18?,19?,24-,28?/m1/s1. The van der Waals surface area contributed by atoms with Gasteiger partial charge >= 0.3 is 5.97 Å². The Labute approximate surface area is 198 Å². The van der Waals surface area contributed by atoms with E-state index in [1.54, 1.807) is 0 Å². The first kappa shape index (κ1) is 21.5. The number of ether oxygens (including phenoxy) is 1. The number of carbonyl (C=O) groups excluding carboxylic acids is 2. The number of benzene rings is 2. The molecule has 0 radical (unpaired) electrons. The summed E-state index contributed by atoms with van der Waals surface area (Å²) in [4.78, 5) is 39.3. The van der Waals surface area contributed by atoms with Crippen LogP contribution >= 0.6 is 0 Å². The van der Waals surface area contributed by atoms with Crippen LogP contribution in [-0.4, -0.2) is 41.0 Å². The van der Waals surface area contributed by atoms with Crippen LogP contribution < -0.4 is 0 Å². The lowest BCUT2D eigenvalue weighted by Crippen LogP contribution is -2.48. The quantitative estimate of drug-likeness (QED) is 0.592. The van der Waals surface area contributed by atoms with Gasteiger partial charge in [-0.3, -0.25) is 14.5 Å². The molecule has 34 heavy (non-hydrogen) atoms. The minimum atomic E-state index is -1.12. The first-order valence-corrected chi connectivity index (χ1v) is 12.3. The molecule has 1 aliphatic heterocycles. The van der Waals surface area contributed by atoms with Crippen LogP contribution in [0, 0.1) is 23.2 Å². The normalized spacial score (nSPS) is 30.0. The van der Waals surface area contributed by atoms with Crippen molar-refractivity contribution < 1.29 is 24.2 Å².